The number of nitrogens with zero attached hydrogens (tertiary/aromatic N) is 4. The Morgan fingerprint density at radius 1 is 1.02 bits per heavy atom. The van der Waals surface area contributed by atoms with Crippen LogP contribution in [-0.4, -0.2) is 82.2 Å². The molecule has 9 heteroatoms. The standard InChI is InChI=1S/C32H42BBrClN4O2/c1-33(41)39-16-6-22(7-17-39)18-30(40)37-12-8-23(9-13-37)24-10-14-38(15-11-24)32-29-5-4-28(35)20-25(29)2-3-26-19-27(34)21-36-31(26)32/h4-5,19-24,41H,2-3,6-18H2,1H3/q+1. The van der Waals surface area contributed by atoms with E-state index in [0.29, 0.717) is 24.2 Å². The van der Waals surface area contributed by atoms with E-state index in [1.165, 1.54) is 35.2 Å². The van der Waals surface area contributed by atoms with Gasteiger partial charge >= 0.3 is 7.05 Å². The molecule has 3 saturated heterocycles. The summed E-state index contributed by atoms with van der Waals surface area (Å²) in [5, 5.41) is 10.6. The number of benzene rings is 1. The van der Waals surface area contributed by atoms with Gasteiger partial charge in [0.05, 0.1) is 5.56 Å². The van der Waals surface area contributed by atoms with E-state index in [-0.39, 0.29) is 7.05 Å². The van der Waals surface area contributed by atoms with Crippen molar-refractivity contribution in [1.29, 1.82) is 0 Å². The lowest BCUT2D eigenvalue weighted by Gasteiger charge is -2.38. The lowest BCUT2D eigenvalue weighted by molar-refractivity contribution is -0.541. The lowest BCUT2D eigenvalue weighted by atomic mass is 9.78. The molecule has 3 aliphatic heterocycles. The van der Waals surface area contributed by atoms with Crippen molar-refractivity contribution in [3.8, 4) is 0 Å². The van der Waals surface area contributed by atoms with Gasteiger partial charge in [-0.05, 0) is 128 Å². The number of fused-ring (bicyclic) bond motifs is 2. The van der Waals surface area contributed by atoms with Crippen LogP contribution < -0.4 is 0 Å². The maximum absolute atomic E-state index is 13.1. The van der Waals surface area contributed by atoms with E-state index in [1.807, 2.05) is 19.1 Å². The second-order valence-electron chi connectivity index (χ2n) is 12.7. The smallest absolute Gasteiger partial charge is 0.376 e. The molecule has 0 saturated carbocycles. The maximum atomic E-state index is 13.1. The van der Waals surface area contributed by atoms with Crippen LogP contribution >= 0.6 is 27.5 Å². The zero-order valence-electron chi connectivity index (χ0n) is 24.2. The summed E-state index contributed by atoms with van der Waals surface area (Å²) >= 11 is 10.1. The minimum Gasteiger partial charge on any atom is -0.437 e. The summed E-state index contributed by atoms with van der Waals surface area (Å²) in [4.78, 5) is 22.3. The molecular weight excluding hydrogens is 599 g/mol. The van der Waals surface area contributed by atoms with Crippen LogP contribution in [0.3, 0.4) is 0 Å². The van der Waals surface area contributed by atoms with Gasteiger partial charge in [0, 0.05) is 48.0 Å². The summed E-state index contributed by atoms with van der Waals surface area (Å²) < 4.78 is 3.61. The second-order valence-corrected chi connectivity index (χ2v) is 14.0. The van der Waals surface area contributed by atoms with Crippen molar-refractivity contribution >= 4 is 46.2 Å². The van der Waals surface area contributed by atoms with Gasteiger partial charge in [-0.25, -0.2) is 9.56 Å². The fraction of sp³-hybridized carbons (Fsp3) is 0.594. The molecule has 0 radical (unpaired) electrons. The minimum absolute atomic E-state index is 0.343. The van der Waals surface area contributed by atoms with Gasteiger partial charge < -0.3 is 14.7 Å². The summed E-state index contributed by atoms with van der Waals surface area (Å²) in [7, 11) is -0.381. The summed E-state index contributed by atoms with van der Waals surface area (Å²) in [6, 6.07) is 8.58. The van der Waals surface area contributed by atoms with E-state index in [2.05, 4.69) is 48.4 Å². The van der Waals surface area contributed by atoms with E-state index in [0.717, 1.165) is 98.9 Å². The molecule has 1 N–H and O–H groups in total. The van der Waals surface area contributed by atoms with Crippen LogP contribution in [0.5, 0.6) is 0 Å². The molecule has 6 rings (SSSR count). The lowest BCUT2D eigenvalue weighted by Crippen LogP contribution is -2.45. The average molecular weight is 641 g/mol. The molecule has 0 unspecified atom stereocenters. The van der Waals surface area contributed by atoms with Gasteiger partial charge in [0.2, 0.25) is 11.6 Å². The molecule has 0 bridgehead atoms. The molecule has 1 aromatic carbocycles. The SMILES string of the molecule is CB(O)N1CCC(CC(=O)N2CCC(C3CC[N+](=C4c5ccc(Cl)cc5CCc5cc(Br)cnc54)CC3)CC2)CC1. The number of hydrogen-bond acceptors (Lipinski definition) is 4. The number of piperidine rings is 3. The van der Waals surface area contributed by atoms with E-state index in [1.54, 1.807) is 0 Å². The first-order valence-electron chi connectivity index (χ1n) is 15.6. The van der Waals surface area contributed by atoms with Crippen LogP contribution in [0.4, 0.5) is 0 Å². The average Bonchev–Trinajstić information content (AvgIpc) is 3.14. The quantitative estimate of drug-likeness (QED) is 0.364. The molecule has 3 fully saturated rings. The van der Waals surface area contributed by atoms with E-state index >= 15 is 0 Å². The van der Waals surface area contributed by atoms with Gasteiger partial charge in [0.1, 0.15) is 18.8 Å². The van der Waals surface area contributed by atoms with Crippen molar-refractivity contribution in [2.45, 2.75) is 64.6 Å². The number of pyridine rings is 1. The number of hydrogen-bond donors (Lipinski definition) is 1. The summed E-state index contributed by atoms with van der Waals surface area (Å²) in [6.07, 6.45) is 11.2. The third-order valence-corrected chi connectivity index (χ3v) is 10.9. The zero-order valence-corrected chi connectivity index (χ0v) is 26.5. The van der Waals surface area contributed by atoms with Gasteiger partial charge in [-0.3, -0.25) is 4.79 Å². The van der Waals surface area contributed by atoms with Crippen LogP contribution in [-0.2, 0) is 17.6 Å². The molecular formula is C32H42BBrClN4O2+. The van der Waals surface area contributed by atoms with E-state index < -0.39 is 0 Å². The van der Waals surface area contributed by atoms with Crippen molar-refractivity contribution < 1.29 is 14.4 Å². The predicted molar refractivity (Wildman–Crippen MR) is 169 cm³/mol. The van der Waals surface area contributed by atoms with Crippen LogP contribution in [0.15, 0.2) is 34.9 Å². The summed E-state index contributed by atoms with van der Waals surface area (Å²) in [6.45, 7) is 7.54. The molecule has 6 nitrogen and oxygen atoms in total. The number of carbonyl (C=O) groups is 1. The fourth-order valence-electron chi connectivity index (χ4n) is 7.72. The number of aromatic nitrogens is 1. The maximum Gasteiger partial charge on any atom is 0.376 e. The molecule has 1 aromatic heterocycles. The Bertz CT molecular complexity index is 1240. The highest BCUT2D eigenvalue weighted by Crippen LogP contribution is 2.34. The number of amides is 1. The molecule has 4 heterocycles. The Morgan fingerprint density at radius 3 is 2.41 bits per heavy atom. The Kier molecular flexibility index (Phi) is 9.21. The number of rotatable bonds is 4. The van der Waals surface area contributed by atoms with Crippen molar-refractivity contribution in [2.75, 3.05) is 39.3 Å². The van der Waals surface area contributed by atoms with Crippen LogP contribution in [0.25, 0.3) is 0 Å². The first kappa shape index (κ1) is 29.3. The molecule has 0 spiro atoms. The largest absolute Gasteiger partial charge is 0.437 e. The van der Waals surface area contributed by atoms with Crippen molar-refractivity contribution in [2.24, 2.45) is 17.8 Å². The first-order valence-corrected chi connectivity index (χ1v) is 16.8. The third-order valence-electron chi connectivity index (χ3n) is 10.2. The van der Waals surface area contributed by atoms with E-state index in [9.17, 15) is 9.82 Å². The number of halogens is 2. The Balaban J connectivity index is 1.08. The third kappa shape index (κ3) is 6.61. The predicted octanol–water partition coefficient (Wildman–Crippen LogP) is 5.31. The van der Waals surface area contributed by atoms with E-state index in [4.69, 9.17) is 16.6 Å². The highest BCUT2D eigenvalue weighted by atomic mass is 79.9. The van der Waals surface area contributed by atoms with Crippen molar-refractivity contribution in [3.05, 3.63) is 62.3 Å². The van der Waals surface area contributed by atoms with Gasteiger partial charge in [0.15, 0.2) is 0 Å². The van der Waals surface area contributed by atoms with Gasteiger partial charge in [-0.1, -0.05) is 11.6 Å². The Hall–Kier alpha value is -1.74. The highest BCUT2D eigenvalue weighted by molar-refractivity contribution is 9.10. The molecule has 41 heavy (non-hydrogen) atoms. The summed E-state index contributed by atoms with van der Waals surface area (Å²) in [5.41, 5.74) is 6.29. The monoisotopic (exact) mass is 639 g/mol. The minimum atomic E-state index is -0.381. The molecule has 218 valence electrons. The zero-order chi connectivity index (χ0) is 28.5. The fourth-order valence-corrected chi connectivity index (χ4v) is 8.30. The Labute approximate surface area is 258 Å². The molecule has 1 aliphatic carbocycles. The normalized spacial score (nSPS) is 22.7. The van der Waals surface area contributed by atoms with Crippen molar-refractivity contribution in [3.63, 3.8) is 0 Å². The molecule has 4 aliphatic rings. The number of likely N-dealkylation sites (tertiary alicyclic amines) is 1. The van der Waals surface area contributed by atoms with Gasteiger partial charge in [-0.2, -0.15) is 0 Å². The van der Waals surface area contributed by atoms with Crippen molar-refractivity contribution in [1.82, 2.24) is 14.7 Å². The second kappa shape index (κ2) is 12.9. The van der Waals surface area contributed by atoms with Gasteiger partial charge in [0.25, 0.3) is 0 Å². The van der Waals surface area contributed by atoms with Crippen LogP contribution in [0.2, 0.25) is 11.8 Å². The molecule has 1 amide bonds. The molecule has 2 aromatic rings. The highest BCUT2D eigenvalue weighted by Gasteiger charge is 2.36. The molecule has 0 atom stereocenters. The van der Waals surface area contributed by atoms with Crippen LogP contribution in [0, 0.1) is 17.8 Å². The van der Waals surface area contributed by atoms with Crippen LogP contribution in [0.1, 0.15) is 67.3 Å². The number of carbonyl (C=O) groups excluding carboxylic acids is 1. The topological polar surface area (TPSA) is 59.7 Å². The summed E-state index contributed by atoms with van der Waals surface area (Å²) in [5.74, 6) is 2.24. The van der Waals surface area contributed by atoms with Gasteiger partial charge in [-0.15, -0.1) is 0 Å². The first-order chi connectivity index (χ1) is 19.9. The number of aryl methyl sites for hydroxylation is 2. The Morgan fingerprint density at radius 2 is 1.71 bits per heavy atom.